The Balaban J connectivity index is 3.03. The van der Waals surface area contributed by atoms with E-state index in [2.05, 4.69) is 20.7 Å². The van der Waals surface area contributed by atoms with Crippen molar-refractivity contribution in [3.63, 3.8) is 0 Å². The maximum atomic E-state index is 12.3. The Morgan fingerprint density at radius 1 is 1.42 bits per heavy atom. The number of nitrogens with zero attached hydrogens (tertiary/aromatic N) is 1. The van der Waals surface area contributed by atoms with Crippen LogP contribution >= 0.6 is 15.9 Å². The number of ether oxygens (including phenoxy) is 1. The molecular weight excluding hydrogens is 332 g/mol. The smallest absolute Gasteiger partial charge is 0.244 e. The van der Waals surface area contributed by atoms with E-state index in [0.717, 1.165) is 0 Å². The van der Waals surface area contributed by atoms with Crippen molar-refractivity contribution < 1.29 is 13.2 Å². The molecule has 0 fully saturated rings. The maximum absolute atomic E-state index is 12.3. The Kier molecular flexibility index (Phi) is 5.79. The van der Waals surface area contributed by atoms with Gasteiger partial charge in [-0.25, -0.2) is 13.1 Å². The number of sulfonamides is 1. The molecule has 0 aliphatic heterocycles. The van der Waals surface area contributed by atoms with Gasteiger partial charge >= 0.3 is 0 Å². The fraction of sp³-hybridized carbons (Fsp3) is 0.500. The zero-order valence-electron chi connectivity index (χ0n) is 11.5. The first kappa shape index (κ1) is 16.4. The lowest BCUT2D eigenvalue weighted by Crippen LogP contribution is -2.39. The molecule has 1 aromatic rings. The summed E-state index contributed by atoms with van der Waals surface area (Å²) in [5.41, 5.74) is 0. The van der Waals surface area contributed by atoms with Crippen LogP contribution in [0.1, 0.15) is 6.92 Å². The lowest BCUT2D eigenvalue weighted by atomic mass is 10.3. The Morgan fingerprint density at radius 2 is 2.05 bits per heavy atom. The summed E-state index contributed by atoms with van der Waals surface area (Å²) in [5.74, 6) is 0.327. The molecule has 1 N–H and O–H groups in total. The Hall–Kier alpha value is -0.630. The molecule has 108 valence electrons. The first-order chi connectivity index (χ1) is 8.76. The average molecular weight is 351 g/mol. The highest BCUT2D eigenvalue weighted by atomic mass is 79.9. The van der Waals surface area contributed by atoms with Crippen molar-refractivity contribution >= 4 is 26.0 Å². The van der Waals surface area contributed by atoms with Crippen LogP contribution in [-0.2, 0) is 10.0 Å². The first-order valence-electron chi connectivity index (χ1n) is 5.77. The van der Waals surface area contributed by atoms with E-state index in [4.69, 9.17) is 4.74 Å². The lowest BCUT2D eigenvalue weighted by molar-refractivity contribution is 0.369. The van der Waals surface area contributed by atoms with Crippen molar-refractivity contribution in [3.05, 3.63) is 22.7 Å². The third-order valence-corrected chi connectivity index (χ3v) is 4.51. The van der Waals surface area contributed by atoms with Gasteiger partial charge in [0.1, 0.15) is 10.6 Å². The molecule has 19 heavy (non-hydrogen) atoms. The van der Waals surface area contributed by atoms with Gasteiger partial charge in [0.2, 0.25) is 10.0 Å². The molecule has 0 aromatic heterocycles. The van der Waals surface area contributed by atoms with Gasteiger partial charge in [0.15, 0.2) is 0 Å². The minimum absolute atomic E-state index is 0.134. The van der Waals surface area contributed by atoms with Gasteiger partial charge in [-0.05, 0) is 39.2 Å². The number of nitrogens with one attached hydrogen (secondary N) is 1. The Morgan fingerprint density at radius 3 is 2.58 bits per heavy atom. The van der Waals surface area contributed by atoms with Gasteiger partial charge in [-0.3, -0.25) is 0 Å². The first-order valence-corrected chi connectivity index (χ1v) is 8.04. The number of hydrogen-bond acceptors (Lipinski definition) is 4. The number of benzene rings is 1. The Bertz CT molecular complexity index is 532. The van der Waals surface area contributed by atoms with E-state index in [1.165, 1.54) is 13.2 Å². The van der Waals surface area contributed by atoms with Crippen LogP contribution in [0.5, 0.6) is 5.75 Å². The van der Waals surface area contributed by atoms with Crippen LogP contribution in [0.25, 0.3) is 0 Å². The summed E-state index contributed by atoms with van der Waals surface area (Å²) >= 11 is 3.27. The minimum Gasteiger partial charge on any atom is -0.495 e. The van der Waals surface area contributed by atoms with Gasteiger partial charge in [-0.1, -0.05) is 15.9 Å². The van der Waals surface area contributed by atoms with Crippen LogP contribution in [0.4, 0.5) is 0 Å². The second kappa shape index (κ2) is 6.69. The van der Waals surface area contributed by atoms with E-state index in [-0.39, 0.29) is 10.9 Å². The molecule has 1 atom stereocenters. The summed E-state index contributed by atoms with van der Waals surface area (Å²) in [6.07, 6.45) is 0. The lowest BCUT2D eigenvalue weighted by Gasteiger charge is -2.19. The van der Waals surface area contributed by atoms with Crippen molar-refractivity contribution in [2.75, 3.05) is 27.7 Å². The topological polar surface area (TPSA) is 58.6 Å². The van der Waals surface area contributed by atoms with E-state index in [1.54, 1.807) is 12.1 Å². The standard InChI is InChI=1S/C12H19BrN2O3S/c1-9(8-15(2)3)14-19(16,17)12-7-10(13)5-6-11(12)18-4/h5-7,9,14H,8H2,1-4H3. The van der Waals surface area contributed by atoms with Crippen molar-refractivity contribution in [1.82, 2.24) is 9.62 Å². The molecule has 0 radical (unpaired) electrons. The number of methoxy groups -OCH3 is 1. The van der Waals surface area contributed by atoms with Gasteiger partial charge in [0, 0.05) is 17.1 Å². The second-order valence-electron chi connectivity index (χ2n) is 4.58. The molecule has 0 aliphatic rings. The molecule has 5 nitrogen and oxygen atoms in total. The van der Waals surface area contributed by atoms with Crippen LogP contribution < -0.4 is 9.46 Å². The third-order valence-electron chi connectivity index (χ3n) is 2.41. The minimum atomic E-state index is -3.60. The number of likely N-dealkylation sites (N-methyl/N-ethyl adjacent to an activating group) is 1. The fourth-order valence-corrected chi connectivity index (χ4v) is 3.72. The van der Waals surface area contributed by atoms with Crippen molar-refractivity contribution in [2.24, 2.45) is 0 Å². The van der Waals surface area contributed by atoms with E-state index >= 15 is 0 Å². The van der Waals surface area contributed by atoms with Crippen LogP contribution in [0.15, 0.2) is 27.6 Å². The van der Waals surface area contributed by atoms with E-state index in [1.807, 2.05) is 25.9 Å². The predicted octanol–water partition coefficient (Wildman–Crippen LogP) is 1.69. The van der Waals surface area contributed by atoms with Gasteiger partial charge < -0.3 is 9.64 Å². The number of rotatable bonds is 6. The highest BCUT2D eigenvalue weighted by molar-refractivity contribution is 9.10. The molecule has 0 bridgehead atoms. The molecule has 0 saturated heterocycles. The zero-order valence-corrected chi connectivity index (χ0v) is 13.9. The van der Waals surface area contributed by atoms with Gasteiger partial charge in [-0.2, -0.15) is 0 Å². The SMILES string of the molecule is COc1ccc(Br)cc1S(=O)(=O)NC(C)CN(C)C. The molecule has 0 heterocycles. The van der Waals surface area contributed by atoms with E-state index in [0.29, 0.717) is 16.8 Å². The number of hydrogen-bond donors (Lipinski definition) is 1. The molecule has 0 saturated carbocycles. The summed E-state index contributed by atoms with van der Waals surface area (Å²) in [5, 5.41) is 0. The largest absolute Gasteiger partial charge is 0.495 e. The quantitative estimate of drug-likeness (QED) is 0.847. The molecule has 1 rings (SSSR count). The van der Waals surface area contributed by atoms with Crippen molar-refractivity contribution in [2.45, 2.75) is 17.9 Å². The van der Waals surface area contributed by atoms with Crippen molar-refractivity contribution in [3.8, 4) is 5.75 Å². The maximum Gasteiger partial charge on any atom is 0.244 e. The molecule has 0 spiro atoms. The molecule has 7 heteroatoms. The third kappa shape index (κ3) is 4.76. The summed E-state index contributed by atoms with van der Waals surface area (Å²) in [6.45, 7) is 2.44. The predicted molar refractivity (Wildman–Crippen MR) is 79.0 cm³/mol. The van der Waals surface area contributed by atoms with E-state index < -0.39 is 10.0 Å². The van der Waals surface area contributed by atoms with Gasteiger partial charge in [0.25, 0.3) is 0 Å². The fourth-order valence-electron chi connectivity index (χ4n) is 1.77. The molecule has 1 unspecified atom stereocenters. The molecule has 0 aliphatic carbocycles. The molecule has 1 aromatic carbocycles. The summed E-state index contributed by atoms with van der Waals surface area (Å²) in [7, 11) is 1.63. The number of halogens is 1. The Labute approximate surface area is 123 Å². The highest BCUT2D eigenvalue weighted by Crippen LogP contribution is 2.27. The van der Waals surface area contributed by atoms with Gasteiger partial charge in [0.05, 0.1) is 7.11 Å². The zero-order chi connectivity index (χ0) is 14.6. The normalized spacial score (nSPS) is 13.6. The summed E-state index contributed by atoms with van der Waals surface area (Å²) < 4.78 is 33.1. The van der Waals surface area contributed by atoms with Crippen LogP contribution in [0, 0.1) is 0 Å². The monoisotopic (exact) mass is 350 g/mol. The van der Waals surface area contributed by atoms with E-state index in [9.17, 15) is 8.42 Å². The van der Waals surface area contributed by atoms with Crippen LogP contribution in [0.3, 0.4) is 0 Å². The average Bonchev–Trinajstić information content (AvgIpc) is 2.26. The van der Waals surface area contributed by atoms with Crippen LogP contribution in [0.2, 0.25) is 0 Å². The molecular formula is C12H19BrN2O3S. The highest BCUT2D eigenvalue weighted by Gasteiger charge is 2.22. The van der Waals surface area contributed by atoms with Gasteiger partial charge in [-0.15, -0.1) is 0 Å². The summed E-state index contributed by atoms with van der Waals surface area (Å²) in [4.78, 5) is 2.06. The van der Waals surface area contributed by atoms with Crippen molar-refractivity contribution in [1.29, 1.82) is 0 Å². The summed E-state index contributed by atoms with van der Waals surface area (Å²) in [6, 6.07) is 4.70. The van der Waals surface area contributed by atoms with Crippen LogP contribution in [-0.4, -0.2) is 47.1 Å². The second-order valence-corrected chi connectivity index (χ2v) is 7.18. The molecule has 0 amide bonds.